The number of anilines is 1. The zero-order chi connectivity index (χ0) is 26.9. The number of carbonyl (C=O) groups excluding carboxylic acids is 3. The van der Waals surface area contributed by atoms with Crippen molar-refractivity contribution in [3.63, 3.8) is 0 Å². The number of amides is 3. The van der Waals surface area contributed by atoms with Crippen molar-refractivity contribution in [1.82, 2.24) is 9.80 Å². The summed E-state index contributed by atoms with van der Waals surface area (Å²) in [6.45, 7) is 6.05. The summed E-state index contributed by atoms with van der Waals surface area (Å²) in [4.78, 5) is 47.1. The van der Waals surface area contributed by atoms with Gasteiger partial charge in [0.2, 0.25) is 17.7 Å². The van der Waals surface area contributed by atoms with Crippen LogP contribution in [0.4, 0.5) is 5.69 Å². The predicted molar refractivity (Wildman–Crippen MR) is 142 cm³/mol. The first-order valence-electron chi connectivity index (χ1n) is 13.7. The fourth-order valence-electron chi connectivity index (χ4n) is 6.34. The molecule has 4 aliphatic rings. The van der Waals surface area contributed by atoms with Crippen molar-refractivity contribution in [2.24, 2.45) is 11.8 Å². The Bertz CT molecular complexity index is 1120. The van der Waals surface area contributed by atoms with E-state index in [4.69, 9.17) is 9.47 Å². The molecule has 1 aromatic rings. The molecule has 204 valence electrons. The molecule has 0 bridgehead atoms. The van der Waals surface area contributed by atoms with Crippen LogP contribution >= 0.6 is 0 Å². The SMILES string of the molecule is CCCCN1CC=C[C@]23O[C@H]4C=CCN(c5ccc(OCC)cc5)C(=O)[C@H]4[C@H]2C(=O)N(CCCO)C3C1=O. The molecular formula is C29H37N3O6. The van der Waals surface area contributed by atoms with Crippen LogP contribution in [0.2, 0.25) is 0 Å². The quantitative estimate of drug-likeness (QED) is 0.498. The third-order valence-corrected chi connectivity index (χ3v) is 8.04. The van der Waals surface area contributed by atoms with Gasteiger partial charge < -0.3 is 29.3 Å². The van der Waals surface area contributed by atoms with Crippen LogP contribution in [0.1, 0.15) is 33.1 Å². The normalized spacial score (nSPS) is 30.3. The Morgan fingerprint density at radius 1 is 1.00 bits per heavy atom. The molecule has 1 aromatic carbocycles. The summed E-state index contributed by atoms with van der Waals surface area (Å²) in [6, 6.07) is 6.48. The van der Waals surface area contributed by atoms with Gasteiger partial charge in [0, 0.05) is 38.5 Å². The highest BCUT2D eigenvalue weighted by Crippen LogP contribution is 2.53. The van der Waals surface area contributed by atoms with Crippen molar-refractivity contribution in [2.75, 3.05) is 44.3 Å². The molecule has 4 heterocycles. The molecule has 9 nitrogen and oxygen atoms in total. The van der Waals surface area contributed by atoms with Crippen molar-refractivity contribution >= 4 is 23.4 Å². The van der Waals surface area contributed by atoms with Crippen LogP contribution in [0.15, 0.2) is 48.6 Å². The minimum atomic E-state index is -1.23. The second-order valence-electron chi connectivity index (χ2n) is 10.3. The third-order valence-electron chi connectivity index (χ3n) is 8.04. The number of hydrogen-bond donors (Lipinski definition) is 1. The summed E-state index contributed by atoms with van der Waals surface area (Å²) >= 11 is 0. The van der Waals surface area contributed by atoms with E-state index in [2.05, 4.69) is 6.92 Å². The van der Waals surface area contributed by atoms with Gasteiger partial charge in [-0.2, -0.15) is 0 Å². The van der Waals surface area contributed by atoms with Crippen molar-refractivity contribution in [3.8, 4) is 5.75 Å². The Kier molecular flexibility index (Phi) is 7.59. The lowest BCUT2D eigenvalue weighted by atomic mass is 9.77. The van der Waals surface area contributed by atoms with E-state index in [-0.39, 0.29) is 30.9 Å². The van der Waals surface area contributed by atoms with Crippen LogP contribution in [-0.4, -0.2) is 89.8 Å². The first-order valence-corrected chi connectivity index (χ1v) is 13.7. The Balaban J connectivity index is 1.52. The largest absolute Gasteiger partial charge is 0.494 e. The highest BCUT2D eigenvalue weighted by atomic mass is 16.5. The average Bonchev–Trinajstić information content (AvgIpc) is 3.23. The van der Waals surface area contributed by atoms with Gasteiger partial charge in [0.05, 0.1) is 24.5 Å². The number of fused-ring (bicyclic) bond motifs is 2. The number of benzene rings is 1. The highest BCUT2D eigenvalue weighted by Gasteiger charge is 2.71. The molecule has 2 saturated heterocycles. The molecule has 0 aromatic heterocycles. The van der Waals surface area contributed by atoms with Gasteiger partial charge in [-0.3, -0.25) is 14.4 Å². The fourth-order valence-corrected chi connectivity index (χ4v) is 6.34. The molecule has 0 saturated carbocycles. The molecular weight excluding hydrogens is 486 g/mol. The molecule has 3 amide bonds. The highest BCUT2D eigenvalue weighted by molar-refractivity contribution is 6.03. The molecule has 38 heavy (non-hydrogen) atoms. The Morgan fingerprint density at radius 3 is 2.50 bits per heavy atom. The summed E-state index contributed by atoms with van der Waals surface area (Å²) in [5.41, 5.74) is -0.524. The van der Waals surface area contributed by atoms with Gasteiger partial charge in [-0.25, -0.2) is 0 Å². The maximum absolute atomic E-state index is 14.1. The Labute approximate surface area is 223 Å². The number of carbonyl (C=O) groups is 3. The van der Waals surface area contributed by atoms with Crippen LogP contribution in [0, 0.1) is 11.8 Å². The third kappa shape index (κ3) is 4.31. The summed E-state index contributed by atoms with van der Waals surface area (Å²) in [7, 11) is 0. The molecule has 0 aliphatic carbocycles. The monoisotopic (exact) mass is 523 g/mol. The second-order valence-corrected chi connectivity index (χ2v) is 10.3. The number of ether oxygens (including phenoxy) is 2. The first-order chi connectivity index (χ1) is 18.5. The number of likely N-dealkylation sites (tertiary alicyclic amines) is 1. The van der Waals surface area contributed by atoms with E-state index in [9.17, 15) is 19.5 Å². The molecule has 1 unspecified atom stereocenters. The van der Waals surface area contributed by atoms with Crippen LogP contribution in [-0.2, 0) is 19.1 Å². The average molecular weight is 524 g/mol. The van der Waals surface area contributed by atoms with Crippen LogP contribution < -0.4 is 9.64 Å². The number of rotatable bonds is 9. The van der Waals surface area contributed by atoms with Crippen LogP contribution in [0.3, 0.4) is 0 Å². The van der Waals surface area contributed by atoms with Gasteiger partial charge >= 0.3 is 0 Å². The number of hydrogen-bond acceptors (Lipinski definition) is 6. The molecule has 0 radical (unpaired) electrons. The minimum absolute atomic E-state index is 0.0994. The van der Waals surface area contributed by atoms with Crippen molar-refractivity contribution in [1.29, 1.82) is 0 Å². The Morgan fingerprint density at radius 2 is 1.79 bits per heavy atom. The molecule has 5 rings (SSSR count). The van der Waals surface area contributed by atoms with Crippen LogP contribution in [0.25, 0.3) is 0 Å². The van der Waals surface area contributed by atoms with Crippen molar-refractivity contribution in [3.05, 3.63) is 48.6 Å². The van der Waals surface area contributed by atoms with E-state index >= 15 is 0 Å². The number of aliphatic hydroxyl groups excluding tert-OH is 1. The van der Waals surface area contributed by atoms with Crippen molar-refractivity contribution < 1.29 is 29.0 Å². The first kappa shape index (κ1) is 26.4. The molecule has 2 fully saturated rings. The predicted octanol–water partition coefficient (Wildman–Crippen LogP) is 2.15. The smallest absolute Gasteiger partial charge is 0.249 e. The lowest BCUT2D eigenvalue weighted by molar-refractivity contribution is -0.147. The minimum Gasteiger partial charge on any atom is -0.494 e. The maximum atomic E-state index is 14.1. The van der Waals surface area contributed by atoms with E-state index in [1.54, 1.807) is 14.7 Å². The summed E-state index contributed by atoms with van der Waals surface area (Å²) in [6.07, 6.45) is 9.06. The van der Waals surface area contributed by atoms with E-state index in [1.807, 2.05) is 55.5 Å². The van der Waals surface area contributed by atoms with Gasteiger partial charge in [0.1, 0.15) is 17.4 Å². The van der Waals surface area contributed by atoms with Crippen molar-refractivity contribution in [2.45, 2.75) is 50.9 Å². The van der Waals surface area contributed by atoms with E-state index in [1.165, 1.54) is 0 Å². The lowest BCUT2D eigenvalue weighted by Gasteiger charge is -2.35. The Hall–Kier alpha value is -3.17. The van der Waals surface area contributed by atoms with Gasteiger partial charge in [0.15, 0.2) is 0 Å². The summed E-state index contributed by atoms with van der Waals surface area (Å²) in [5, 5.41) is 9.52. The van der Waals surface area contributed by atoms with E-state index in [0.29, 0.717) is 38.3 Å². The number of unbranched alkanes of at least 4 members (excludes halogenated alkanes) is 1. The fraction of sp³-hybridized carbons (Fsp3) is 0.552. The molecule has 9 heteroatoms. The van der Waals surface area contributed by atoms with Gasteiger partial charge in [-0.15, -0.1) is 0 Å². The van der Waals surface area contributed by atoms with Gasteiger partial charge in [-0.1, -0.05) is 37.6 Å². The van der Waals surface area contributed by atoms with Gasteiger partial charge in [0.25, 0.3) is 0 Å². The molecule has 5 atom stereocenters. The standard InChI is InChI=1S/C29H37N3O6/c1-3-5-15-30-16-7-14-29-24(27(35)32(18-8-19-33)25(29)28(30)36)23-22(38-29)9-6-17-31(26(23)34)20-10-12-21(13-11-20)37-4-2/h6-7,9-14,22-25,33H,3-5,8,15-19H2,1-2H3/t22-,23+,24-,25?,29-/m0/s1. The summed E-state index contributed by atoms with van der Waals surface area (Å²) in [5.74, 6) is -1.50. The lowest BCUT2D eigenvalue weighted by Crippen LogP contribution is -2.55. The van der Waals surface area contributed by atoms with E-state index < -0.39 is 29.6 Å². The van der Waals surface area contributed by atoms with Gasteiger partial charge in [-0.05, 0) is 44.0 Å². The zero-order valence-electron chi connectivity index (χ0n) is 22.1. The van der Waals surface area contributed by atoms with E-state index in [0.717, 1.165) is 18.6 Å². The number of aliphatic hydroxyl groups is 1. The summed E-state index contributed by atoms with van der Waals surface area (Å²) < 4.78 is 12.2. The molecule has 1 N–H and O–H groups in total. The second kappa shape index (κ2) is 10.9. The maximum Gasteiger partial charge on any atom is 0.249 e. The zero-order valence-corrected chi connectivity index (χ0v) is 22.1. The number of nitrogens with zero attached hydrogens (tertiary/aromatic N) is 3. The van der Waals surface area contributed by atoms with Crippen LogP contribution in [0.5, 0.6) is 5.75 Å². The topological polar surface area (TPSA) is 99.6 Å². The molecule has 1 spiro atoms. The molecule has 4 aliphatic heterocycles.